The van der Waals surface area contributed by atoms with Crippen LogP contribution < -0.4 is 10.6 Å². The predicted molar refractivity (Wildman–Crippen MR) is 178 cm³/mol. The van der Waals surface area contributed by atoms with Crippen LogP contribution in [-0.4, -0.2) is 109 Å². The summed E-state index contributed by atoms with van der Waals surface area (Å²) in [6.45, 7) is 10.1. The summed E-state index contributed by atoms with van der Waals surface area (Å²) in [4.78, 5) is 56.7. The number of hydrogen-bond acceptors (Lipinski definition) is 9. The van der Waals surface area contributed by atoms with Crippen LogP contribution in [0.1, 0.15) is 62.4 Å². The molecule has 0 spiro atoms. The van der Waals surface area contributed by atoms with Crippen LogP contribution in [0, 0.1) is 0 Å². The van der Waals surface area contributed by atoms with Crippen LogP contribution in [0.4, 0.5) is 15.3 Å². The number of esters is 1. The molecule has 2 aromatic carbocycles. The standard InChI is InChI=1S/C35H49N5O7/c1-34(2,3)47-33(44)37-35(31(42)45-5)17-21-40(22-18-35)25-26-11-13-27(14-12-26)30(41)38(4)23-24-39-19-15-29(16-20-39)46-32(43)36-28-9-7-6-8-10-28/h6-14,29H,15-25H2,1-5H3,(H,36,43)(H,37,44). The number of anilines is 1. The van der Waals surface area contributed by atoms with Crippen LogP contribution in [0.25, 0.3) is 0 Å². The number of alkyl carbamates (subject to hydrolysis) is 1. The maximum absolute atomic E-state index is 13.1. The Bertz CT molecular complexity index is 1350. The first kappa shape index (κ1) is 35.7. The molecule has 0 aromatic heterocycles. The molecule has 2 aliphatic heterocycles. The fourth-order valence-corrected chi connectivity index (χ4v) is 5.86. The number of likely N-dealkylation sites (N-methyl/N-ethyl adjacent to an activating group) is 1. The van der Waals surface area contributed by atoms with E-state index in [0.717, 1.165) is 38.0 Å². The Kier molecular flexibility index (Phi) is 12.2. The van der Waals surface area contributed by atoms with Crippen LogP contribution >= 0.6 is 0 Å². The zero-order valence-corrected chi connectivity index (χ0v) is 28.3. The minimum atomic E-state index is -1.13. The number of piperidine rings is 2. The lowest BCUT2D eigenvalue weighted by Crippen LogP contribution is -2.60. The van der Waals surface area contributed by atoms with Crippen molar-refractivity contribution < 1.29 is 33.4 Å². The van der Waals surface area contributed by atoms with Gasteiger partial charge in [-0.3, -0.25) is 15.0 Å². The molecule has 0 atom stereocenters. The molecule has 2 saturated heterocycles. The monoisotopic (exact) mass is 651 g/mol. The van der Waals surface area contributed by atoms with Gasteiger partial charge in [0.1, 0.15) is 17.2 Å². The van der Waals surface area contributed by atoms with Crippen molar-refractivity contribution in [1.29, 1.82) is 0 Å². The molecule has 12 nitrogen and oxygen atoms in total. The highest BCUT2D eigenvalue weighted by Crippen LogP contribution is 2.26. The second-order valence-electron chi connectivity index (χ2n) is 13.3. The third-order valence-corrected chi connectivity index (χ3v) is 8.56. The molecule has 0 radical (unpaired) electrons. The molecule has 0 bridgehead atoms. The number of carbonyl (C=O) groups excluding carboxylic acids is 4. The number of hydrogen-bond donors (Lipinski definition) is 2. The summed E-state index contributed by atoms with van der Waals surface area (Å²) in [6.07, 6.45) is 1.10. The maximum Gasteiger partial charge on any atom is 0.411 e. The number of ether oxygens (including phenoxy) is 3. The predicted octanol–water partition coefficient (Wildman–Crippen LogP) is 4.50. The van der Waals surface area contributed by atoms with E-state index in [4.69, 9.17) is 14.2 Å². The molecular formula is C35H49N5O7. The van der Waals surface area contributed by atoms with Gasteiger partial charge in [0.2, 0.25) is 0 Å². The van der Waals surface area contributed by atoms with Crippen molar-refractivity contribution in [3.05, 3.63) is 65.7 Å². The molecule has 0 aliphatic carbocycles. The van der Waals surface area contributed by atoms with Gasteiger partial charge in [-0.25, -0.2) is 14.4 Å². The van der Waals surface area contributed by atoms with Gasteiger partial charge in [0.05, 0.1) is 7.11 Å². The molecule has 2 N–H and O–H groups in total. The van der Waals surface area contributed by atoms with E-state index in [1.165, 1.54) is 7.11 Å². The van der Waals surface area contributed by atoms with Crippen molar-refractivity contribution in [2.45, 2.75) is 70.2 Å². The number of nitrogens with zero attached hydrogens (tertiary/aromatic N) is 3. The van der Waals surface area contributed by atoms with E-state index < -0.39 is 29.3 Å². The minimum absolute atomic E-state index is 0.0404. The smallest absolute Gasteiger partial charge is 0.411 e. The number of para-hydroxylation sites is 1. The van der Waals surface area contributed by atoms with Crippen molar-refractivity contribution in [2.24, 2.45) is 0 Å². The van der Waals surface area contributed by atoms with Crippen molar-refractivity contribution in [1.82, 2.24) is 20.0 Å². The lowest BCUT2D eigenvalue weighted by atomic mass is 9.87. The summed E-state index contributed by atoms with van der Waals surface area (Å²) < 4.78 is 16.0. The molecular weight excluding hydrogens is 602 g/mol. The quantitative estimate of drug-likeness (QED) is 0.282. The van der Waals surface area contributed by atoms with Gasteiger partial charge in [0, 0.05) is 64.1 Å². The first-order valence-corrected chi connectivity index (χ1v) is 16.3. The number of likely N-dealkylation sites (tertiary alicyclic amines) is 2. The normalized spacial score (nSPS) is 17.3. The zero-order chi connectivity index (χ0) is 34.0. The first-order valence-electron chi connectivity index (χ1n) is 16.3. The van der Waals surface area contributed by atoms with Gasteiger partial charge in [-0.1, -0.05) is 30.3 Å². The number of nitrogens with one attached hydrogen (secondary N) is 2. The van der Waals surface area contributed by atoms with Gasteiger partial charge in [-0.05, 0) is 76.3 Å². The summed E-state index contributed by atoms with van der Waals surface area (Å²) >= 11 is 0. The number of amides is 3. The molecule has 0 saturated carbocycles. The van der Waals surface area contributed by atoms with Crippen molar-refractivity contribution >= 4 is 29.8 Å². The molecule has 2 fully saturated rings. The molecule has 3 amide bonds. The van der Waals surface area contributed by atoms with E-state index in [9.17, 15) is 19.2 Å². The molecule has 4 rings (SSSR count). The van der Waals surface area contributed by atoms with Crippen LogP contribution in [0.5, 0.6) is 0 Å². The summed E-state index contributed by atoms with van der Waals surface area (Å²) in [5.41, 5.74) is 0.577. The Hall–Kier alpha value is -4.16. The Balaban J connectivity index is 1.18. The third kappa shape index (κ3) is 10.7. The number of benzene rings is 2. The van der Waals surface area contributed by atoms with Crippen molar-refractivity contribution in [3.63, 3.8) is 0 Å². The van der Waals surface area contributed by atoms with Gasteiger partial charge >= 0.3 is 18.2 Å². The molecule has 2 heterocycles. The topological polar surface area (TPSA) is 130 Å². The molecule has 47 heavy (non-hydrogen) atoms. The molecule has 256 valence electrons. The van der Waals surface area contributed by atoms with E-state index in [1.54, 1.807) is 25.7 Å². The third-order valence-electron chi connectivity index (χ3n) is 8.56. The van der Waals surface area contributed by atoms with E-state index in [-0.39, 0.29) is 12.0 Å². The Morgan fingerprint density at radius 1 is 0.894 bits per heavy atom. The van der Waals surface area contributed by atoms with Crippen molar-refractivity contribution in [2.75, 3.05) is 58.7 Å². The average molecular weight is 652 g/mol. The van der Waals surface area contributed by atoms with Gasteiger partial charge in [0.15, 0.2) is 0 Å². The Morgan fingerprint density at radius 3 is 2.13 bits per heavy atom. The summed E-state index contributed by atoms with van der Waals surface area (Å²) in [5.74, 6) is -0.515. The lowest BCUT2D eigenvalue weighted by Gasteiger charge is -2.40. The maximum atomic E-state index is 13.1. The second-order valence-corrected chi connectivity index (χ2v) is 13.3. The van der Waals surface area contributed by atoms with Gasteiger partial charge in [-0.2, -0.15) is 0 Å². The van der Waals surface area contributed by atoms with Crippen LogP contribution in [0.2, 0.25) is 0 Å². The van der Waals surface area contributed by atoms with Gasteiger partial charge in [0.25, 0.3) is 5.91 Å². The average Bonchev–Trinajstić information content (AvgIpc) is 3.04. The molecule has 2 aromatic rings. The van der Waals surface area contributed by atoms with E-state index in [2.05, 4.69) is 20.4 Å². The van der Waals surface area contributed by atoms with E-state index >= 15 is 0 Å². The number of methoxy groups -OCH3 is 1. The second kappa shape index (κ2) is 16.1. The largest absolute Gasteiger partial charge is 0.467 e. The Labute approximate surface area is 277 Å². The highest BCUT2D eigenvalue weighted by atomic mass is 16.6. The first-order chi connectivity index (χ1) is 22.4. The lowest BCUT2D eigenvalue weighted by molar-refractivity contribution is -0.151. The van der Waals surface area contributed by atoms with Crippen molar-refractivity contribution in [3.8, 4) is 0 Å². The fourth-order valence-electron chi connectivity index (χ4n) is 5.86. The fraction of sp³-hybridized carbons (Fsp3) is 0.543. The molecule has 2 aliphatic rings. The molecule has 12 heteroatoms. The molecule has 0 unspecified atom stereocenters. The van der Waals surface area contributed by atoms with E-state index in [0.29, 0.717) is 50.3 Å². The van der Waals surface area contributed by atoms with Gasteiger partial charge < -0.3 is 29.3 Å². The summed E-state index contributed by atoms with van der Waals surface area (Å²) in [7, 11) is 3.13. The number of carbonyl (C=O) groups is 4. The Morgan fingerprint density at radius 2 is 1.53 bits per heavy atom. The van der Waals surface area contributed by atoms with Crippen LogP contribution in [-0.2, 0) is 25.5 Å². The zero-order valence-electron chi connectivity index (χ0n) is 28.3. The summed E-state index contributed by atoms with van der Waals surface area (Å²) in [6, 6.07) is 16.9. The van der Waals surface area contributed by atoms with Gasteiger partial charge in [-0.15, -0.1) is 0 Å². The SMILES string of the molecule is COC(=O)C1(NC(=O)OC(C)(C)C)CCN(Cc2ccc(C(=O)N(C)CCN3CCC(OC(=O)Nc4ccccc4)CC3)cc2)CC1. The highest BCUT2D eigenvalue weighted by molar-refractivity contribution is 5.94. The summed E-state index contributed by atoms with van der Waals surface area (Å²) in [5, 5.41) is 5.53. The van der Waals surface area contributed by atoms with Crippen LogP contribution in [0.3, 0.4) is 0 Å². The van der Waals surface area contributed by atoms with E-state index in [1.807, 2.05) is 61.6 Å². The van der Waals surface area contributed by atoms with Crippen LogP contribution in [0.15, 0.2) is 54.6 Å². The highest BCUT2D eigenvalue weighted by Gasteiger charge is 2.44. The number of rotatable bonds is 10. The minimum Gasteiger partial charge on any atom is -0.467 e.